The van der Waals surface area contributed by atoms with Gasteiger partial charge in [-0.1, -0.05) is 32.0 Å². The molecule has 6 heteroatoms. The van der Waals surface area contributed by atoms with Crippen LogP contribution in [0.1, 0.15) is 51.6 Å². The Kier molecular flexibility index (Phi) is 5.94. The Labute approximate surface area is 186 Å². The summed E-state index contributed by atoms with van der Waals surface area (Å²) in [5, 5.41) is 5.85. The Morgan fingerprint density at radius 3 is 2.28 bits per heavy atom. The van der Waals surface area contributed by atoms with Crippen molar-refractivity contribution in [2.45, 2.75) is 26.7 Å². The molecule has 1 heterocycles. The molecule has 0 radical (unpaired) electrons. The summed E-state index contributed by atoms with van der Waals surface area (Å²) >= 11 is 0. The number of nitrogens with zero attached hydrogens (tertiary/aromatic N) is 2. The summed E-state index contributed by atoms with van der Waals surface area (Å²) in [6, 6.07) is 18.2. The van der Waals surface area contributed by atoms with Gasteiger partial charge >= 0.3 is 0 Å². The molecule has 0 saturated carbocycles. The third-order valence-corrected chi connectivity index (χ3v) is 5.29. The minimum atomic E-state index is -0.256. The molecule has 2 N–H and O–H groups in total. The number of aromatic nitrogens is 2. The van der Waals surface area contributed by atoms with Crippen LogP contribution in [-0.4, -0.2) is 21.8 Å². The van der Waals surface area contributed by atoms with Crippen molar-refractivity contribution in [3.8, 4) is 0 Å². The van der Waals surface area contributed by atoms with E-state index < -0.39 is 0 Å². The standard InChI is InChI=1S/C26H24N4O2/c1-16(2)18-5-4-6-19(13-18)25(31)29-21-9-7-17(3)23(15-21)30-26(32)20-8-10-22-24(14-20)28-12-11-27-22/h4-16H,1-3H3,(H,29,31)(H,30,32). The van der Waals surface area contributed by atoms with Crippen LogP contribution >= 0.6 is 0 Å². The molecule has 0 fully saturated rings. The van der Waals surface area contributed by atoms with E-state index in [4.69, 9.17) is 0 Å². The van der Waals surface area contributed by atoms with Crippen molar-refractivity contribution in [1.29, 1.82) is 0 Å². The molecule has 4 aromatic rings. The maximum absolute atomic E-state index is 12.8. The number of carbonyl (C=O) groups excluding carboxylic acids is 2. The lowest BCUT2D eigenvalue weighted by Gasteiger charge is -2.13. The van der Waals surface area contributed by atoms with Gasteiger partial charge in [0.1, 0.15) is 0 Å². The second-order valence-corrected chi connectivity index (χ2v) is 7.98. The third kappa shape index (κ3) is 4.64. The van der Waals surface area contributed by atoms with Crippen molar-refractivity contribution < 1.29 is 9.59 Å². The van der Waals surface area contributed by atoms with Crippen LogP contribution in [0.15, 0.2) is 73.1 Å². The second-order valence-electron chi connectivity index (χ2n) is 7.98. The highest BCUT2D eigenvalue weighted by Gasteiger charge is 2.12. The van der Waals surface area contributed by atoms with Crippen molar-refractivity contribution in [3.63, 3.8) is 0 Å². The Balaban J connectivity index is 1.52. The first-order valence-electron chi connectivity index (χ1n) is 10.4. The van der Waals surface area contributed by atoms with Gasteiger partial charge in [-0.15, -0.1) is 0 Å². The lowest BCUT2D eigenvalue weighted by Crippen LogP contribution is -2.15. The van der Waals surface area contributed by atoms with Crippen molar-refractivity contribution in [2.24, 2.45) is 0 Å². The summed E-state index contributed by atoms with van der Waals surface area (Å²) in [6.45, 7) is 6.08. The fourth-order valence-corrected chi connectivity index (χ4v) is 3.38. The summed E-state index contributed by atoms with van der Waals surface area (Å²) in [4.78, 5) is 34.0. The quantitative estimate of drug-likeness (QED) is 0.439. The highest BCUT2D eigenvalue weighted by Crippen LogP contribution is 2.23. The first-order valence-corrected chi connectivity index (χ1v) is 10.4. The molecular formula is C26H24N4O2. The van der Waals surface area contributed by atoms with Gasteiger partial charge in [0.05, 0.1) is 11.0 Å². The van der Waals surface area contributed by atoms with E-state index >= 15 is 0 Å². The Hall–Kier alpha value is -4.06. The van der Waals surface area contributed by atoms with Crippen molar-refractivity contribution in [1.82, 2.24) is 9.97 Å². The summed E-state index contributed by atoms with van der Waals surface area (Å²) < 4.78 is 0. The number of carbonyl (C=O) groups is 2. The maximum Gasteiger partial charge on any atom is 0.255 e. The predicted molar refractivity (Wildman–Crippen MR) is 127 cm³/mol. The zero-order valence-electron chi connectivity index (χ0n) is 18.2. The number of benzene rings is 3. The molecule has 0 spiro atoms. The van der Waals surface area contributed by atoms with Crippen LogP contribution in [0.25, 0.3) is 11.0 Å². The molecule has 3 aromatic carbocycles. The second kappa shape index (κ2) is 8.98. The molecule has 0 bridgehead atoms. The van der Waals surface area contributed by atoms with Gasteiger partial charge < -0.3 is 10.6 Å². The van der Waals surface area contributed by atoms with Crippen LogP contribution in [-0.2, 0) is 0 Å². The Morgan fingerprint density at radius 2 is 1.50 bits per heavy atom. The predicted octanol–water partition coefficient (Wildman–Crippen LogP) is 5.57. The molecule has 0 aliphatic heterocycles. The zero-order valence-corrected chi connectivity index (χ0v) is 18.2. The number of fused-ring (bicyclic) bond motifs is 1. The molecule has 2 amide bonds. The van der Waals surface area contributed by atoms with Crippen LogP contribution in [0.2, 0.25) is 0 Å². The van der Waals surface area contributed by atoms with E-state index in [1.165, 1.54) is 0 Å². The van der Waals surface area contributed by atoms with Gasteiger partial charge in [0.15, 0.2) is 0 Å². The lowest BCUT2D eigenvalue weighted by atomic mass is 10.0. The van der Waals surface area contributed by atoms with Gasteiger partial charge in [-0.05, 0) is 66.4 Å². The van der Waals surface area contributed by atoms with E-state index in [0.29, 0.717) is 33.9 Å². The van der Waals surface area contributed by atoms with E-state index in [2.05, 4.69) is 34.4 Å². The highest BCUT2D eigenvalue weighted by atomic mass is 16.2. The van der Waals surface area contributed by atoms with E-state index in [0.717, 1.165) is 16.6 Å². The Morgan fingerprint density at radius 1 is 0.781 bits per heavy atom. The number of amides is 2. The Bertz CT molecular complexity index is 1310. The first kappa shape index (κ1) is 21.2. The van der Waals surface area contributed by atoms with Gasteiger partial charge in [-0.25, -0.2) is 0 Å². The van der Waals surface area contributed by atoms with E-state index in [1.54, 1.807) is 42.7 Å². The smallest absolute Gasteiger partial charge is 0.255 e. The zero-order chi connectivity index (χ0) is 22.7. The summed E-state index contributed by atoms with van der Waals surface area (Å²) in [5.41, 5.74) is 5.69. The van der Waals surface area contributed by atoms with Gasteiger partial charge in [-0.3, -0.25) is 19.6 Å². The van der Waals surface area contributed by atoms with Crippen LogP contribution in [0.3, 0.4) is 0 Å². The van der Waals surface area contributed by atoms with Crippen LogP contribution in [0.5, 0.6) is 0 Å². The molecule has 0 saturated heterocycles. The molecule has 0 unspecified atom stereocenters. The third-order valence-electron chi connectivity index (χ3n) is 5.29. The van der Waals surface area contributed by atoms with E-state index in [9.17, 15) is 9.59 Å². The molecule has 0 aliphatic rings. The van der Waals surface area contributed by atoms with Crippen LogP contribution in [0, 0.1) is 6.92 Å². The van der Waals surface area contributed by atoms with Crippen LogP contribution in [0.4, 0.5) is 11.4 Å². The van der Waals surface area contributed by atoms with Gasteiger partial charge in [0.2, 0.25) is 0 Å². The first-order chi connectivity index (χ1) is 15.4. The summed E-state index contributed by atoms with van der Waals surface area (Å²) in [6.07, 6.45) is 3.21. The minimum Gasteiger partial charge on any atom is -0.322 e. The van der Waals surface area contributed by atoms with Crippen molar-refractivity contribution >= 4 is 34.2 Å². The van der Waals surface area contributed by atoms with Gasteiger partial charge in [-0.2, -0.15) is 0 Å². The lowest BCUT2D eigenvalue weighted by molar-refractivity contribution is 0.101. The van der Waals surface area contributed by atoms with Gasteiger partial charge in [0, 0.05) is 34.9 Å². The summed E-state index contributed by atoms with van der Waals surface area (Å²) in [7, 11) is 0. The fraction of sp³-hybridized carbons (Fsp3) is 0.154. The van der Waals surface area contributed by atoms with Crippen molar-refractivity contribution in [3.05, 3.63) is 95.3 Å². The number of hydrogen-bond donors (Lipinski definition) is 2. The topological polar surface area (TPSA) is 84.0 Å². The number of hydrogen-bond acceptors (Lipinski definition) is 4. The van der Waals surface area contributed by atoms with Crippen LogP contribution < -0.4 is 10.6 Å². The van der Waals surface area contributed by atoms with Crippen molar-refractivity contribution in [2.75, 3.05) is 10.6 Å². The molecule has 6 nitrogen and oxygen atoms in total. The normalized spacial score (nSPS) is 10.9. The van der Waals surface area contributed by atoms with E-state index in [-0.39, 0.29) is 11.8 Å². The molecule has 160 valence electrons. The number of anilines is 2. The average molecular weight is 425 g/mol. The molecule has 1 aromatic heterocycles. The number of nitrogens with one attached hydrogen (secondary N) is 2. The molecule has 4 rings (SSSR count). The largest absolute Gasteiger partial charge is 0.322 e. The molecular weight excluding hydrogens is 400 g/mol. The highest BCUT2D eigenvalue weighted by molar-refractivity contribution is 6.07. The molecule has 0 atom stereocenters. The van der Waals surface area contributed by atoms with E-state index in [1.807, 2.05) is 37.3 Å². The monoisotopic (exact) mass is 424 g/mol. The molecule has 32 heavy (non-hydrogen) atoms. The maximum atomic E-state index is 12.8. The average Bonchev–Trinajstić information content (AvgIpc) is 2.81. The summed E-state index contributed by atoms with van der Waals surface area (Å²) in [5.74, 6) is -0.111. The SMILES string of the molecule is Cc1ccc(NC(=O)c2cccc(C(C)C)c2)cc1NC(=O)c1ccc2nccnc2c1. The fourth-order valence-electron chi connectivity index (χ4n) is 3.38. The molecule has 0 aliphatic carbocycles. The number of aryl methyl sites for hydroxylation is 1. The van der Waals surface area contributed by atoms with Gasteiger partial charge in [0.25, 0.3) is 11.8 Å². The number of rotatable bonds is 5. The minimum absolute atomic E-state index is 0.193.